The van der Waals surface area contributed by atoms with E-state index in [1.165, 1.54) is 0 Å². The number of aliphatic hydroxyl groups is 2. The molecule has 0 aliphatic carbocycles. The molecule has 2 fully saturated rings. The molecule has 0 aromatic heterocycles. The van der Waals surface area contributed by atoms with Crippen LogP contribution in [0.1, 0.15) is 33.6 Å². The minimum absolute atomic E-state index is 0.0451. The standard InChI is InChI=1S/C10H16N2O2.C2H6/c1-6-7(4-11)2-3-8-10(14)9(13)5-12(6)8;1-2/h6-10,13-14H,2-3,5H2,1H3;1-2H3. The zero-order valence-electron chi connectivity index (χ0n) is 10.3. The highest BCUT2D eigenvalue weighted by Gasteiger charge is 2.46. The first-order valence-corrected chi connectivity index (χ1v) is 6.16. The number of nitrogens with zero attached hydrogens (tertiary/aromatic N) is 2. The van der Waals surface area contributed by atoms with E-state index in [9.17, 15) is 10.2 Å². The lowest BCUT2D eigenvalue weighted by Crippen LogP contribution is -2.48. The van der Waals surface area contributed by atoms with Gasteiger partial charge in [-0.2, -0.15) is 5.26 Å². The van der Waals surface area contributed by atoms with Crippen LogP contribution < -0.4 is 0 Å². The van der Waals surface area contributed by atoms with Crippen LogP contribution in [0.5, 0.6) is 0 Å². The molecule has 2 heterocycles. The van der Waals surface area contributed by atoms with E-state index < -0.39 is 12.2 Å². The summed E-state index contributed by atoms with van der Waals surface area (Å²) < 4.78 is 0. The van der Waals surface area contributed by atoms with Gasteiger partial charge in [-0.25, -0.2) is 0 Å². The summed E-state index contributed by atoms with van der Waals surface area (Å²) in [5, 5.41) is 28.1. The molecule has 5 unspecified atom stereocenters. The molecule has 0 aromatic carbocycles. The predicted octanol–water partition coefficient (Wildman–Crippen LogP) is 0.741. The van der Waals surface area contributed by atoms with Crippen molar-refractivity contribution in [3.63, 3.8) is 0 Å². The number of rotatable bonds is 0. The number of aliphatic hydroxyl groups excluding tert-OH is 2. The molecule has 2 saturated heterocycles. The second kappa shape index (κ2) is 5.62. The largest absolute Gasteiger partial charge is 0.389 e. The molecule has 5 atom stereocenters. The molecule has 2 rings (SSSR count). The van der Waals surface area contributed by atoms with Crippen molar-refractivity contribution in [3.8, 4) is 6.07 Å². The van der Waals surface area contributed by atoms with E-state index in [0.717, 1.165) is 12.8 Å². The maximum Gasteiger partial charge on any atom is 0.0966 e. The smallest absolute Gasteiger partial charge is 0.0966 e. The molecular weight excluding hydrogens is 204 g/mol. The lowest BCUT2D eigenvalue weighted by Gasteiger charge is -2.38. The van der Waals surface area contributed by atoms with E-state index in [0.29, 0.717) is 6.54 Å². The molecule has 0 radical (unpaired) electrons. The summed E-state index contributed by atoms with van der Waals surface area (Å²) in [6.45, 7) is 6.51. The number of nitriles is 1. The Morgan fingerprint density at radius 1 is 1.25 bits per heavy atom. The van der Waals surface area contributed by atoms with E-state index >= 15 is 0 Å². The van der Waals surface area contributed by atoms with Crippen molar-refractivity contribution in [3.05, 3.63) is 0 Å². The van der Waals surface area contributed by atoms with Crippen LogP contribution in [-0.4, -0.2) is 45.9 Å². The lowest BCUT2D eigenvalue weighted by atomic mass is 9.87. The van der Waals surface area contributed by atoms with Crippen LogP contribution in [0.25, 0.3) is 0 Å². The van der Waals surface area contributed by atoms with Gasteiger partial charge in [0.05, 0.1) is 24.2 Å². The van der Waals surface area contributed by atoms with Crippen molar-refractivity contribution in [1.29, 1.82) is 5.26 Å². The molecule has 16 heavy (non-hydrogen) atoms. The van der Waals surface area contributed by atoms with Gasteiger partial charge in [0.15, 0.2) is 0 Å². The zero-order chi connectivity index (χ0) is 12.3. The van der Waals surface area contributed by atoms with Crippen LogP contribution in [0.3, 0.4) is 0 Å². The van der Waals surface area contributed by atoms with Crippen LogP contribution in [0, 0.1) is 17.2 Å². The predicted molar refractivity (Wildman–Crippen MR) is 61.7 cm³/mol. The fourth-order valence-electron chi connectivity index (χ4n) is 2.71. The molecule has 0 saturated carbocycles. The number of fused-ring (bicyclic) bond motifs is 1. The molecule has 4 nitrogen and oxygen atoms in total. The summed E-state index contributed by atoms with van der Waals surface area (Å²) in [5.74, 6) is 0.0451. The van der Waals surface area contributed by atoms with E-state index in [1.54, 1.807) is 0 Å². The van der Waals surface area contributed by atoms with Crippen LogP contribution in [0.4, 0.5) is 0 Å². The minimum Gasteiger partial charge on any atom is -0.389 e. The Morgan fingerprint density at radius 2 is 1.88 bits per heavy atom. The van der Waals surface area contributed by atoms with Gasteiger partial charge in [-0.15, -0.1) is 0 Å². The molecule has 0 aromatic rings. The van der Waals surface area contributed by atoms with E-state index in [2.05, 4.69) is 11.0 Å². The highest BCUT2D eigenvalue weighted by molar-refractivity contribution is 5.04. The van der Waals surface area contributed by atoms with Crippen molar-refractivity contribution in [1.82, 2.24) is 4.90 Å². The zero-order valence-corrected chi connectivity index (χ0v) is 10.3. The molecule has 92 valence electrons. The van der Waals surface area contributed by atoms with Gasteiger partial charge in [-0.05, 0) is 19.8 Å². The topological polar surface area (TPSA) is 67.5 Å². The van der Waals surface area contributed by atoms with Gasteiger partial charge < -0.3 is 10.2 Å². The molecule has 2 aliphatic rings. The van der Waals surface area contributed by atoms with Crippen molar-refractivity contribution >= 4 is 0 Å². The quantitative estimate of drug-likeness (QED) is 0.639. The summed E-state index contributed by atoms with van der Waals surface area (Å²) in [5.41, 5.74) is 0. The first kappa shape index (κ1) is 13.4. The van der Waals surface area contributed by atoms with Crippen molar-refractivity contribution < 1.29 is 10.2 Å². The second-order valence-corrected chi connectivity index (χ2v) is 4.38. The maximum atomic E-state index is 9.70. The highest BCUT2D eigenvalue weighted by Crippen LogP contribution is 2.34. The first-order chi connectivity index (χ1) is 7.65. The Kier molecular flexibility index (Phi) is 4.72. The summed E-state index contributed by atoms with van der Waals surface area (Å²) in [4.78, 5) is 2.08. The molecule has 0 spiro atoms. The third-order valence-corrected chi connectivity index (χ3v) is 3.66. The fourth-order valence-corrected chi connectivity index (χ4v) is 2.71. The van der Waals surface area contributed by atoms with E-state index in [-0.39, 0.29) is 18.0 Å². The minimum atomic E-state index is -0.639. The van der Waals surface area contributed by atoms with E-state index in [4.69, 9.17) is 5.26 Å². The second-order valence-electron chi connectivity index (χ2n) is 4.38. The third-order valence-electron chi connectivity index (χ3n) is 3.66. The van der Waals surface area contributed by atoms with Gasteiger partial charge >= 0.3 is 0 Å². The van der Waals surface area contributed by atoms with Gasteiger partial charge in [-0.3, -0.25) is 4.90 Å². The Bertz CT molecular complexity index is 264. The van der Waals surface area contributed by atoms with Gasteiger partial charge in [0.2, 0.25) is 0 Å². The van der Waals surface area contributed by atoms with Crippen molar-refractivity contribution in [2.75, 3.05) is 6.54 Å². The van der Waals surface area contributed by atoms with Gasteiger partial charge in [0.1, 0.15) is 0 Å². The molecule has 4 heteroatoms. The van der Waals surface area contributed by atoms with Gasteiger partial charge in [0.25, 0.3) is 0 Å². The molecule has 0 bridgehead atoms. The molecular formula is C12H22N2O2. The fraction of sp³-hybridized carbons (Fsp3) is 0.917. The first-order valence-electron chi connectivity index (χ1n) is 6.16. The van der Waals surface area contributed by atoms with E-state index in [1.807, 2.05) is 20.8 Å². The van der Waals surface area contributed by atoms with Crippen LogP contribution >= 0.6 is 0 Å². The number of hydrogen-bond donors (Lipinski definition) is 2. The number of piperidine rings is 1. The van der Waals surface area contributed by atoms with Crippen LogP contribution in [-0.2, 0) is 0 Å². The van der Waals surface area contributed by atoms with Gasteiger partial charge in [-0.1, -0.05) is 13.8 Å². The lowest BCUT2D eigenvalue weighted by molar-refractivity contribution is 0.0209. The Hall–Kier alpha value is -0.630. The third kappa shape index (κ3) is 2.22. The summed E-state index contributed by atoms with van der Waals surface area (Å²) in [6.07, 6.45) is 0.389. The average Bonchev–Trinajstić information content (AvgIpc) is 2.60. The monoisotopic (exact) mass is 226 g/mol. The Balaban J connectivity index is 0.000000606. The SMILES string of the molecule is CC.CC1C(C#N)CCC2C(O)C(O)CN12. The normalized spacial score (nSPS) is 42.9. The average molecular weight is 226 g/mol. The number of hydrogen-bond acceptors (Lipinski definition) is 4. The Labute approximate surface area is 97.5 Å². The maximum absolute atomic E-state index is 9.70. The Morgan fingerprint density at radius 3 is 2.44 bits per heavy atom. The van der Waals surface area contributed by atoms with Crippen LogP contribution in [0.15, 0.2) is 0 Å². The highest BCUT2D eigenvalue weighted by atomic mass is 16.3. The van der Waals surface area contributed by atoms with Gasteiger partial charge in [0, 0.05) is 18.6 Å². The van der Waals surface area contributed by atoms with Crippen molar-refractivity contribution in [2.45, 2.75) is 57.9 Å². The van der Waals surface area contributed by atoms with Crippen molar-refractivity contribution in [2.24, 2.45) is 5.92 Å². The van der Waals surface area contributed by atoms with Crippen LogP contribution in [0.2, 0.25) is 0 Å². The molecule has 2 N–H and O–H groups in total. The molecule has 0 amide bonds. The summed E-state index contributed by atoms with van der Waals surface area (Å²) >= 11 is 0. The summed E-state index contributed by atoms with van der Waals surface area (Å²) in [6, 6.07) is 2.51. The summed E-state index contributed by atoms with van der Waals surface area (Å²) in [7, 11) is 0. The molecule has 2 aliphatic heterocycles.